The number of carboxylic acids is 1. The van der Waals surface area contributed by atoms with Crippen molar-refractivity contribution >= 4 is 34.2 Å². The molecule has 2 aliphatic rings. The summed E-state index contributed by atoms with van der Waals surface area (Å²) in [5, 5.41) is 11.4. The van der Waals surface area contributed by atoms with Gasteiger partial charge in [-0.1, -0.05) is 0 Å². The van der Waals surface area contributed by atoms with Crippen LogP contribution in [-0.4, -0.2) is 44.2 Å². The van der Waals surface area contributed by atoms with Crippen LogP contribution in [-0.2, 0) is 0 Å². The highest BCUT2D eigenvalue weighted by Gasteiger charge is 2.50. The summed E-state index contributed by atoms with van der Waals surface area (Å²) in [5.41, 5.74) is 4.99. The molecule has 2 unspecified atom stereocenters. The predicted octanol–water partition coefficient (Wildman–Crippen LogP) is 1.61. The summed E-state index contributed by atoms with van der Waals surface area (Å²) in [4.78, 5) is 34.5. The van der Waals surface area contributed by atoms with Crippen molar-refractivity contribution < 1.29 is 14.3 Å². The van der Waals surface area contributed by atoms with Gasteiger partial charge in [0.05, 0.1) is 5.39 Å². The molecule has 1 saturated carbocycles. The lowest BCUT2D eigenvalue weighted by molar-refractivity contribution is 0.0695. The number of pyridine rings is 2. The number of thiazole rings is 1. The number of fused-ring (bicyclic) bond motifs is 2. The quantitative estimate of drug-likeness (QED) is 0.685. The van der Waals surface area contributed by atoms with Gasteiger partial charge in [-0.3, -0.25) is 9.36 Å². The van der Waals surface area contributed by atoms with E-state index in [1.54, 1.807) is 11.6 Å². The van der Waals surface area contributed by atoms with Crippen molar-refractivity contribution in [3.63, 3.8) is 0 Å². The largest absolute Gasteiger partial charge is 0.477 e. The first-order valence-electron chi connectivity index (χ1n) is 8.80. The fraction of sp³-hybridized carbons (Fsp3) is 0.333. The number of nitrogens with two attached hydrogens (primary N) is 1. The van der Waals surface area contributed by atoms with E-state index in [0.717, 1.165) is 18.9 Å². The lowest BCUT2D eigenvalue weighted by atomic mass is 9.70. The van der Waals surface area contributed by atoms with Crippen LogP contribution in [0.1, 0.15) is 23.2 Å². The summed E-state index contributed by atoms with van der Waals surface area (Å²) >= 11 is 1.26. The van der Waals surface area contributed by atoms with Crippen molar-refractivity contribution in [1.29, 1.82) is 0 Å². The van der Waals surface area contributed by atoms with Gasteiger partial charge in [-0.2, -0.15) is 0 Å². The smallest absolute Gasteiger partial charge is 0.341 e. The summed E-state index contributed by atoms with van der Waals surface area (Å²) in [6, 6.07) is 1.07. The summed E-state index contributed by atoms with van der Waals surface area (Å²) in [6.07, 6.45) is 4.66. The number of hydrogen-bond acceptors (Lipinski definition) is 7. The summed E-state index contributed by atoms with van der Waals surface area (Å²) < 4.78 is 16.3. The van der Waals surface area contributed by atoms with Crippen LogP contribution in [0.15, 0.2) is 28.6 Å². The molecular formula is C18H16FN5O3S. The molecule has 0 bridgehead atoms. The number of carbonyl (C=O) groups is 1. The highest BCUT2D eigenvalue weighted by molar-refractivity contribution is 7.12. The van der Waals surface area contributed by atoms with Crippen LogP contribution in [0.4, 0.5) is 10.2 Å². The average Bonchev–Trinajstić information content (AvgIpc) is 3.25. The Labute approximate surface area is 162 Å². The average molecular weight is 401 g/mol. The van der Waals surface area contributed by atoms with Crippen molar-refractivity contribution in [3.05, 3.63) is 45.4 Å². The molecule has 3 N–H and O–H groups in total. The molecule has 0 aromatic carbocycles. The summed E-state index contributed by atoms with van der Waals surface area (Å²) in [7, 11) is 0. The number of carboxylic acid groups (broad SMARTS) is 1. The Hall–Kier alpha value is -2.85. The third kappa shape index (κ3) is 2.38. The Bertz CT molecular complexity index is 1180. The number of nitrogens with zero attached hydrogens (tertiary/aromatic N) is 4. The van der Waals surface area contributed by atoms with E-state index >= 15 is 0 Å². The van der Waals surface area contributed by atoms with E-state index in [9.17, 15) is 19.1 Å². The van der Waals surface area contributed by atoms with Crippen molar-refractivity contribution in [3.8, 4) is 5.13 Å². The molecule has 1 saturated heterocycles. The van der Waals surface area contributed by atoms with Gasteiger partial charge >= 0.3 is 5.97 Å². The number of aromatic nitrogens is 3. The fourth-order valence-corrected chi connectivity index (χ4v) is 4.73. The maximum Gasteiger partial charge on any atom is 0.341 e. The van der Waals surface area contributed by atoms with Gasteiger partial charge < -0.3 is 15.7 Å². The number of aromatic carboxylic acids is 1. The van der Waals surface area contributed by atoms with Crippen LogP contribution in [0.5, 0.6) is 0 Å². The van der Waals surface area contributed by atoms with Crippen LogP contribution < -0.4 is 16.1 Å². The Balaban J connectivity index is 1.74. The third-order valence-corrected chi connectivity index (χ3v) is 6.54. The third-order valence-electron chi connectivity index (χ3n) is 5.77. The second kappa shape index (κ2) is 5.82. The first-order chi connectivity index (χ1) is 13.4. The van der Waals surface area contributed by atoms with Crippen molar-refractivity contribution in [2.24, 2.45) is 11.7 Å². The maximum atomic E-state index is 14.9. The number of rotatable bonds is 3. The topological polar surface area (TPSA) is 114 Å². The first-order valence-corrected chi connectivity index (χ1v) is 9.68. The second-order valence-electron chi connectivity index (χ2n) is 7.38. The summed E-state index contributed by atoms with van der Waals surface area (Å²) in [6.45, 7) is 1.11. The highest BCUT2D eigenvalue weighted by atomic mass is 32.1. The zero-order valence-electron chi connectivity index (χ0n) is 14.6. The number of anilines is 1. The number of halogens is 1. The molecule has 2 atom stereocenters. The van der Waals surface area contributed by atoms with Crippen LogP contribution in [0.3, 0.4) is 0 Å². The van der Waals surface area contributed by atoms with Crippen LogP contribution in [0, 0.1) is 11.7 Å². The lowest BCUT2D eigenvalue weighted by Crippen LogP contribution is -2.54. The second-order valence-corrected chi connectivity index (χ2v) is 8.25. The van der Waals surface area contributed by atoms with Gasteiger partial charge in [0.2, 0.25) is 5.43 Å². The Morgan fingerprint density at radius 1 is 1.46 bits per heavy atom. The van der Waals surface area contributed by atoms with Gasteiger partial charge in [-0.25, -0.2) is 19.2 Å². The molecule has 0 radical (unpaired) electrons. The van der Waals surface area contributed by atoms with E-state index in [4.69, 9.17) is 5.73 Å². The molecule has 3 aromatic heterocycles. The Morgan fingerprint density at radius 2 is 2.29 bits per heavy atom. The van der Waals surface area contributed by atoms with Gasteiger partial charge in [-0.15, -0.1) is 11.3 Å². The SMILES string of the molecule is NC12CCC1CN(c1nc3c(cc1F)c(=O)c(C(=O)O)cn3-c1nccs1)C2. The van der Waals surface area contributed by atoms with Gasteiger partial charge in [0.15, 0.2) is 22.4 Å². The minimum absolute atomic E-state index is 0.0963. The minimum Gasteiger partial charge on any atom is -0.477 e. The van der Waals surface area contributed by atoms with E-state index in [0.29, 0.717) is 24.1 Å². The Morgan fingerprint density at radius 3 is 2.86 bits per heavy atom. The van der Waals surface area contributed by atoms with Crippen molar-refractivity contribution in [2.45, 2.75) is 18.4 Å². The molecule has 4 heterocycles. The van der Waals surface area contributed by atoms with Crippen LogP contribution in [0.2, 0.25) is 0 Å². The van der Waals surface area contributed by atoms with Crippen molar-refractivity contribution in [1.82, 2.24) is 14.5 Å². The monoisotopic (exact) mass is 401 g/mol. The minimum atomic E-state index is -1.39. The fourth-order valence-electron chi connectivity index (χ4n) is 4.12. The molecule has 3 aromatic rings. The highest BCUT2D eigenvalue weighted by Crippen LogP contribution is 2.44. The van der Waals surface area contributed by atoms with E-state index in [-0.39, 0.29) is 22.4 Å². The zero-order valence-corrected chi connectivity index (χ0v) is 15.4. The molecule has 8 nitrogen and oxygen atoms in total. The van der Waals surface area contributed by atoms with Gasteiger partial charge in [0.25, 0.3) is 0 Å². The van der Waals surface area contributed by atoms with Crippen LogP contribution >= 0.6 is 11.3 Å². The molecule has 1 aliphatic carbocycles. The van der Waals surface area contributed by atoms with Crippen molar-refractivity contribution in [2.75, 3.05) is 18.0 Å². The predicted molar refractivity (Wildman–Crippen MR) is 102 cm³/mol. The standard InChI is InChI=1S/C18H16FN5O3S/c19-12-5-10-13(25)11(16(26)27)7-24(17-21-3-4-28-17)14(10)22-15(12)23-6-9-1-2-18(9,20)8-23/h3-5,7,9H,1-2,6,8,20H2,(H,26,27). The Kier molecular flexibility index (Phi) is 3.59. The van der Waals surface area contributed by atoms with Gasteiger partial charge in [0.1, 0.15) is 5.56 Å². The molecule has 2 fully saturated rings. The molecule has 5 rings (SSSR count). The van der Waals surface area contributed by atoms with Crippen LogP contribution in [0.25, 0.3) is 16.2 Å². The normalized spacial score (nSPS) is 23.6. The van der Waals surface area contributed by atoms with E-state index < -0.39 is 22.8 Å². The number of hydrogen-bond donors (Lipinski definition) is 2. The first kappa shape index (κ1) is 17.3. The molecule has 10 heteroatoms. The van der Waals surface area contributed by atoms with E-state index in [2.05, 4.69) is 9.97 Å². The van der Waals surface area contributed by atoms with Gasteiger partial charge in [0, 0.05) is 36.4 Å². The molecule has 0 spiro atoms. The lowest BCUT2D eigenvalue weighted by Gasteiger charge is -2.40. The molecule has 1 aliphatic heterocycles. The molecular weight excluding hydrogens is 385 g/mol. The molecule has 144 valence electrons. The zero-order chi connectivity index (χ0) is 19.6. The molecule has 0 amide bonds. The molecule has 28 heavy (non-hydrogen) atoms. The van der Waals surface area contributed by atoms with Gasteiger partial charge in [-0.05, 0) is 24.8 Å². The maximum absolute atomic E-state index is 14.9. The summed E-state index contributed by atoms with van der Waals surface area (Å²) in [5.74, 6) is -1.62. The van der Waals surface area contributed by atoms with E-state index in [1.807, 2.05) is 4.90 Å². The van der Waals surface area contributed by atoms with E-state index in [1.165, 1.54) is 22.1 Å².